The molecule has 1 aromatic carbocycles. The third-order valence-electron chi connectivity index (χ3n) is 8.55. The Morgan fingerprint density at radius 2 is 1.59 bits per heavy atom. The van der Waals surface area contributed by atoms with Gasteiger partial charge in [0.2, 0.25) is 0 Å². The molecule has 0 fully saturated rings. The highest BCUT2D eigenvalue weighted by molar-refractivity contribution is 7.84. The van der Waals surface area contributed by atoms with Gasteiger partial charge in [-0.05, 0) is 83.1 Å². The van der Waals surface area contributed by atoms with Crippen LogP contribution in [-0.2, 0) is 0 Å². The molecule has 3 atom stereocenters. The van der Waals surface area contributed by atoms with Crippen molar-refractivity contribution < 1.29 is 0 Å². The minimum Gasteiger partial charge on any atom is -0.148 e. The first-order chi connectivity index (χ1) is 18.7. The summed E-state index contributed by atoms with van der Waals surface area (Å²) in [5, 5.41) is 4.34. The van der Waals surface area contributed by atoms with Crippen LogP contribution in [0.1, 0.15) is 123 Å². The van der Waals surface area contributed by atoms with Gasteiger partial charge in [0.05, 0.1) is 0 Å². The van der Waals surface area contributed by atoms with Crippen LogP contribution in [0, 0.1) is 23.7 Å². The minimum absolute atomic E-state index is 0.462. The molecule has 0 N–H and O–H groups in total. The number of fused-ring (bicyclic) bond motifs is 4. The van der Waals surface area contributed by atoms with Crippen molar-refractivity contribution in [3.8, 4) is 0 Å². The summed E-state index contributed by atoms with van der Waals surface area (Å²) in [6.07, 6.45) is 21.8. The molecule has 0 saturated heterocycles. The van der Waals surface area contributed by atoms with Crippen molar-refractivity contribution in [3.63, 3.8) is 0 Å². The van der Waals surface area contributed by atoms with E-state index >= 15 is 0 Å². The average Bonchev–Trinajstić information content (AvgIpc) is 3.45. The van der Waals surface area contributed by atoms with Crippen LogP contribution in [0.25, 0.3) is 32.3 Å². The van der Waals surface area contributed by atoms with Crippen molar-refractivity contribution in [1.29, 1.82) is 0 Å². The predicted octanol–water partition coefficient (Wildman–Crippen LogP) is 11.5. The van der Waals surface area contributed by atoms with Gasteiger partial charge in [-0.3, -0.25) is 0 Å². The highest BCUT2D eigenvalue weighted by atomic mass is 32.1. The van der Waals surface area contributed by atoms with E-state index in [4.69, 9.17) is 12.6 Å². The third kappa shape index (κ3) is 8.98. The molecule has 0 saturated carbocycles. The van der Waals surface area contributed by atoms with Gasteiger partial charge >= 0.3 is 0 Å². The Morgan fingerprint density at radius 1 is 0.846 bits per heavy atom. The minimum atomic E-state index is 0.462. The highest BCUT2D eigenvalue weighted by Gasteiger charge is 2.15. The Morgan fingerprint density at radius 3 is 2.36 bits per heavy atom. The van der Waals surface area contributed by atoms with E-state index in [0.717, 1.165) is 30.6 Å². The van der Waals surface area contributed by atoms with E-state index in [9.17, 15) is 0 Å². The summed E-state index contributed by atoms with van der Waals surface area (Å²) >= 11 is 8.92. The maximum Gasteiger partial charge on any atom is 0.0369 e. The molecular weight excluding hydrogens is 529 g/mol. The maximum absolute atomic E-state index is 4.91. The molecule has 214 valence electrons. The predicted molar refractivity (Wildman–Crippen MR) is 184 cm³/mol. The first kappa shape index (κ1) is 30.9. The van der Waals surface area contributed by atoms with Gasteiger partial charge in [0, 0.05) is 30.1 Å². The van der Waals surface area contributed by atoms with Crippen molar-refractivity contribution in [2.24, 2.45) is 23.7 Å². The topological polar surface area (TPSA) is 0 Å². The largest absolute Gasteiger partial charge is 0.148 e. The zero-order chi connectivity index (χ0) is 27.9. The lowest BCUT2D eigenvalue weighted by molar-refractivity contribution is 0.438. The number of unbranched alkanes of at least 4 members (excludes halogenated alkanes) is 2. The Kier molecular flexibility index (Phi) is 11.7. The number of hydrogen-bond acceptors (Lipinski definition) is 3. The van der Waals surface area contributed by atoms with Crippen molar-refractivity contribution in [1.82, 2.24) is 0 Å². The lowest BCUT2D eigenvalue weighted by Crippen LogP contribution is -2.23. The van der Waals surface area contributed by atoms with Crippen molar-refractivity contribution in [2.75, 3.05) is 0 Å². The van der Waals surface area contributed by atoms with E-state index in [-0.39, 0.29) is 0 Å². The fourth-order valence-corrected chi connectivity index (χ4v) is 8.69. The Bertz CT molecular complexity index is 1350. The zero-order valence-corrected chi connectivity index (χ0v) is 27.9. The number of rotatable bonds is 15. The van der Waals surface area contributed by atoms with E-state index < -0.39 is 0 Å². The van der Waals surface area contributed by atoms with Crippen LogP contribution >= 0.6 is 35.3 Å². The third-order valence-corrected chi connectivity index (χ3v) is 11.4. The quantitative estimate of drug-likeness (QED) is 0.134. The number of hydrogen-bond donors (Lipinski definition) is 1. The smallest absolute Gasteiger partial charge is 0.0369 e. The number of benzene rings is 1. The van der Waals surface area contributed by atoms with Gasteiger partial charge in [0.15, 0.2) is 0 Å². The molecule has 3 heteroatoms. The molecule has 0 nitrogen and oxygen atoms in total. The van der Waals surface area contributed by atoms with Gasteiger partial charge < -0.3 is 0 Å². The molecule has 0 bridgehead atoms. The first-order valence-corrected chi connectivity index (χ1v) is 17.8. The molecule has 3 unspecified atom stereocenters. The molecule has 2 aromatic heterocycles. The van der Waals surface area contributed by atoms with E-state index in [1.165, 1.54) is 92.6 Å². The van der Waals surface area contributed by atoms with Crippen LogP contribution in [0.4, 0.5) is 0 Å². The second-order valence-electron chi connectivity index (χ2n) is 13.2. The summed E-state index contributed by atoms with van der Waals surface area (Å²) in [4.78, 5) is 2.83. The first-order valence-electron chi connectivity index (χ1n) is 15.8. The molecule has 4 rings (SSSR count). The summed E-state index contributed by atoms with van der Waals surface area (Å²) in [7, 11) is 0. The molecule has 0 radical (unpaired) electrons. The zero-order valence-electron chi connectivity index (χ0n) is 25.4. The normalized spacial score (nSPS) is 17.6. The fourth-order valence-electron chi connectivity index (χ4n) is 5.96. The summed E-state index contributed by atoms with van der Waals surface area (Å²) in [6.45, 7) is 14.2. The van der Waals surface area contributed by atoms with Crippen molar-refractivity contribution in [3.05, 3.63) is 43.8 Å². The maximum atomic E-state index is 4.91. The SMILES string of the molecule is CC(C)CCCCCC(C)c1cc2cc3c4c(sc3cc2s1)=CCC(/C=C(\S)CCC(C)CCCC(C)C)C=4. The van der Waals surface area contributed by atoms with Gasteiger partial charge in [-0.25, -0.2) is 0 Å². The van der Waals surface area contributed by atoms with Crippen LogP contribution < -0.4 is 9.75 Å². The molecule has 3 aromatic rings. The summed E-state index contributed by atoms with van der Waals surface area (Å²) in [5.74, 6) is 3.57. The van der Waals surface area contributed by atoms with Crippen LogP contribution in [-0.4, -0.2) is 0 Å². The van der Waals surface area contributed by atoms with E-state index in [0.29, 0.717) is 11.8 Å². The second kappa shape index (κ2) is 14.7. The van der Waals surface area contributed by atoms with Gasteiger partial charge in [0.1, 0.15) is 0 Å². The Balaban J connectivity index is 1.42. The number of thiol groups is 1. The molecule has 1 aliphatic rings. The second-order valence-corrected chi connectivity index (χ2v) is 16.0. The standard InChI is InChI=1S/C36H52S3/c1-24(2)11-8-7-9-14-27(6)34-22-29-21-32-31-20-28(16-18-33(31)38-36(32)23-35(29)39-34)19-30(37)17-15-26(5)13-10-12-25(3)4/h18-28,37H,7-17H2,1-6H3/b30-19-. The molecule has 0 aliphatic heterocycles. The van der Waals surface area contributed by atoms with E-state index in [1.807, 2.05) is 22.7 Å². The lowest BCUT2D eigenvalue weighted by atomic mass is 9.94. The van der Waals surface area contributed by atoms with Crippen LogP contribution in [0.2, 0.25) is 0 Å². The van der Waals surface area contributed by atoms with Crippen molar-refractivity contribution >= 4 is 67.6 Å². The Hall–Kier alpha value is -1.03. The summed E-state index contributed by atoms with van der Waals surface area (Å²) in [5.41, 5.74) is 0. The summed E-state index contributed by atoms with van der Waals surface area (Å²) in [6, 6.07) is 7.43. The molecule has 0 spiro atoms. The highest BCUT2D eigenvalue weighted by Crippen LogP contribution is 2.36. The molecular formula is C36H52S3. The lowest BCUT2D eigenvalue weighted by Gasteiger charge is -2.13. The van der Waals surface area contributed by atoms with Gasteiger partial charge in [-0.2, -0.15) is 0 Å². The molecule has 39 heavy (non-hydrogen) atoms. The molecule has 1 aliphatic carbocycles. The number of allylic oxidation sites excluding steroid dienone is 2. The van der Waals surface area contributed by atoms with E-state index in [1.54, 1.807) is 4.88 Å². The van der Waals surface area contributed by atoms with Crippen LogP contribution in [0.3, 0.4) is 0 Å². The fraction of sp³-hybridized carbons (Fsp3) is 0.611. The van der Waals surface area contributed by atoms with E-state index in [2.05, 4.69) is 78.0 Å². The van der Waals surface area contributed by atoms with Crippen molar-refractivity contribution in [2.45, 2.75) is 118 Å². The van der Waals surface area contributed by atoms with Crippen LogP contribution in [0.5, 0.6) is 0 Å². The van der Waals surface area contributed by atoms with Crippen LogP contribution in [0.15, 0.2) is 29.2 Å². The van der Waals surface area contributed by atoms with Gasteiger partial charge in [0.25, 0.3) is 0 Å². The van der Waals surface area contributed by atoms with Gasteiger partial charge in [-0.15, -0.1) is 35.3 Å². The Labute approximate surface area is 252 Å². The number of thiophene rings is 2. The molecule has 0 amide bonds. The summed E-state index contributed by atoms with van der Waals surface area (Å²) < 4.78 is 4.36. The monoisotopic (exact) mass is 580 g/mol. The molecule has 2 heterocycles. The van der Waals surface area contributed by atoms with Gasteiger partial charge in [-0.1, -0.05) is 105 Å². The average molecular weight is 581 g/mol.